The summed E-state index contributed by atoms with van der Waals surface area (Å²) < 4.78 is 0. The van der Waals surface area contributed by atoms with Crippen LogP contribution in [0.2, 0.25) is 0 Å². The fourth-order valence-electron chi connectivity index (χ4n) is 9.29. The number of benzene rings is 12. The van der Waals surface area contributed by atoms with Gasteiger partial charge in [0.05, 0.1) is 0 Å². The van der Waals surface area contributed by atoms with E-state index in [1.54, 1.807) is 0 Å². The molecule has 0 aromatic heterocycles. The molecule has 248 valence electrons. The maximum atomic E-state index is 2.43. The van der Waals surface area contributed by atoms with Gasteiger partial charge in [-0.2, -0.15) is 0 Å². The summed E-state index contributed by atoms with van der Waals surface area (Å²) in [5.74, 6) is 0. The van der Waals surface area contributed by atoms with Gasteiger partial charge in [0.15, 0.2) is 0 Å². The summed E-state index contributed by atoms with van der Waals surface area (Å²) in [6, 6.07) is 72.6. The van der Waals surface area contributed by atoms with Crippen LogP contribution < -0.4 is 0 Å². The van der Waals surface area contributed by atoms with Gasteiger partial charge in [-0.25, -0.2) is 0 Å². The summed E-state index contributed by atoms with van der Waals surface area (Å²) in [6.45, 7) is 0. The second kappa shape index (κ2) is 11.2. The van der Waals surface area contributed by atoms with Crippen molar-refractivity contribution in [2.75, 3.05) is 0 Å². The van der Waals surface area contributed by atoms with E-state index < -0.39 is 0 Å². The van der Waals surface area contributed by atoms with E-state index in [2.05, 4.69) is 194 Å². The molecule has 0 saturated carbocycles. The number of hydrogen-bond donors (Lipinski definition) is 0. The molecule has 0 spiro atoms. The lowest BCUT2D eigenvalue weighted by molar-refractivity contribution is 1.63. The molecule has 0 unspecified atom stereocenters. The molecule has 0 saturated heterocycles. The number of rotatable bonds is 3. The Morgan fingerprint density at radius 3 is 1.26 bits per heavy atom. The Bertz CT molecular complexity index is 3480. The molecule has 12 rings (SSSR count). The highest BCUT2D eigenvalue weighted by atomic mass is 14.2. The average molecular weight is 681 g/mol. The first-order chi connectivity index (χ1) is 26.7. The van der Waals surface area contributed by atoms with Crippen molar-refractivity contribution in [3.05, 3.63) is 194 Å². The summed E-state index contributed by atoms with van der Waals surface area (Å²) in [5.41, 5.74) is 7.44. The van der Waals surface area contributed by atoms with Crippen LogP contribution in [0.4, 0.5) is 0 Å². The second-order valence-electron chi connectivity index (χ2n) is 14.9. The Kier molecular flexibility index (Phi) is 6.15. The SMILES string of the molecule is c1ccc2c(c1)ccc1cc(-c3cc4ccc(-c5ccc6ccc7cccc8ccc5c6c78)cc4cc3-c3ccc4c(ccc5ccccc54)c3)ccc12. The van der Waals surface area contributed by atoms with E-state index in [1.807, 2.05) is 0 Å². The fraction of sp³-hybridized carbons (Fsp3) is 0. The topological polar surface area (TPSA) is 0 Å². The maximum Gasteiger partial charge on any atom is -0.00206 e. The Morgan fingerprint density at radius 1 is 0.185 bits per heavy atom. The Balaban J connectivity index is 1.09. The van der Waals surface area contributed by atoms with Gasteiger partial charge in [-0.1, -0.05) is 164 Å². The van der Waals surface area contributed by atoms with Gasteiger partial charge in [-0.3, -0.25) is 0 Å². The lowest BCUT2D eigenvalue weighted by atomic mass is 9.87. The standard InChI is InChI=1S/C54H32/c1-3-10-45-33(6-1)12-17-39-28-42(22-25-47(39)45)51-31-38-16-19-41(49-24-20-37-15-14-35-8-5-9-36-21-27-50(49)54(37)53(35)36)30-44(38)32-52(51)43-23-26-48-40(29-43)18-13-34-7-2-4-11-46(34)48/h1-32H. The predicted octanol–water partition coefficient (Wildman–Crippen LogP) is 15.4. The molecule has 12 aromatic rings. The van der Waals surface area contributed by atoms with Crippen LogP contribution in [0.15, 0.2) is 194 Å². The molecule has 0 aliphatic heterocycles. The Morgan fingerprint density at radius 2 is 0.593 bits per heavy atom. The third kappa shape index (κ3) is 4.38. The third-order valence-corrected chi connectivity index (χ3v) is 11.9. The maximum absolute atomic E-state index is 2.43. The van der Waals surface area contributed by atoms with E-state index in [-0.39, 0.29) is 0 Å². The smallest absolute Gasteiger partial charge is 0.00206 e. The summed E-state index contributed by atoms with van der Waals surface area (Å²) in [5, 5.41) is 20.6. The molecule has 0 nitrogen and oxygen atoms in total. The van der Waals surface area contributed by atoms with E-state index in [0.29, 0.717) is 0 Å². The molecule has 0 heterocycles. The van der Waals surface area contributed by atoms with Crippen LogP contribution in [-0.2, 0) is 0 Å². The van der Waals surface area contributed by atoms with Crippen LogP contribution >= 0.6 is 0 Å². The highest BCUT2D eigenvalue weighted by Gasteiger charge is 2.16. The lowest BCUT2D eigenvalue weighted by Crippen LogP contribution is -1.90. The van der Waals surface area contributed by atoms with Crippen molar-refractivity contribution in [3.8, 4) is 33.4 Å². The van der Waals surface area contributed by atoms with Gasteiger partial charge >= 0.3 is 0 Å². The Hall–Kier alpha value is -7.02. The molecule has 0 fully saturated rings. The monoisotopic (exact) mass is 680 g/mol. The lowest BCUT2D eigenvalue weighted by Gasteiger charge is -2.17. The molecule has 12 aromatic carbocycles. The van der Waals surface area contributed by atoms with Crippen LogP contribution in [0, 0.1) is 0 Å². The van der Waals surface area contributed by atoms with Gasteiger partial charge in [0.25, 0.3) is 0 Å². The zero-order chi connectivity index (χ0) is 35.3. The quantitative estimate of drug-likeness (QED) is 0.163. The molecule has 0 bridgehead atoms. The van der Waals surface area contributed by atoms with Gasteiger partial charge in [-0.05, 0) is 150 Å². The largest absolute Gasteiger partial charge is 0.0616 e. The van der Waals surface area contributed by atoms with Crippen molar-refractivity contribution >= 4 is 86.2 Å². The molecule has 54 heavy (non-hydrogen) atoms. The van der Waals surface area contributed by atoms with Gasteiger partial charge in [0.2, 0.25) is 0 Å². The van der Waals surface area contributed by atoms with E-state index in [1.165, 1.54) is 120 Å². The van der Waals surface area contributed by atoms with Gasteiger partial charge in [0, 0.05) is 0 Å². The zero-order valence-electron chi connectivity index (χ0n) is 29.5. The van der Waals surface area contributed by atoms with Crippen LogP contribution in [0.5, 0.6) is 0 Å². The van der Waals surface area contributed by atoms with E-state index >= 15 is 0 Å². The van der Waals surface area contributed by atoms with Crippen LogP contribution in [0.25, 0.3) is 120 Å². The first kappa shape index (κ1) is 29.5. The minimum absolute atomic E-state index is 1.22. The van der Waals surface area contributed by atoms with Gasteiger partial charge in [0.1, 0.15) is 0 Å². The molecular weight excluding hydrogens is 649 g/mol. The zero-order valence-corrected chi connectivity index (χ0v) is 29.5. The van der Waals surface area contributed by atoms with Crippen LogP contribution in [-0.4, -0.2) is 0 Å². The number of fused-ring (bicyclic) bond motifs is 7. The third-order valence-electron chi connectivity index (χ3n) is 11.9. The molecule has 0 heteroatoms. The van der Waals surface area contributed by atoms with Crippen LogP contribution in [0.3, 0.4) is 0 Å². The normalized spacial score (nSPS) is 12.1. The molecular formula is C54H32. The van der Waals surface area contributed by atoms with Crippen molar-refractivity contribution in [2.45, 2.75) is 0 Å². The van der Waals surface area contributed by atoms with Crippen molar-refractivity contribution in [1.29, 1.82) is 0 Å². The molecule has 0 N–H and O–H groups in total. The summed E-state index contributed by atoms with van der Waals surface area (Å²) in [6.07, 6.45) is 0. The van der Waals surface area contributed by atoms with Crippen molar-refractivity contribution in [3.63, 3.8) is 0 Å². The second-order valence-corrected chi connectivity index (χ2v) is 14.9. The summed E-state index contributed by atoms with van der Waals surface area (Å²) in [4.78, 5) is 0. The molecule has 0 aliphatic carbocycles. The molecule has 0 radical (unpaired) electrons. The van der Waals surface area contributed by atoms with Crippen LogP contribution in [0.1, 0.15) is 0 Å². The molecule has 0 amide bonds. The highest BCUT2D eigenvalue weighted by molar-refractivity contribution is 6.25. The van der Waals surface area contributed by atoms with E-state index in [0.717, 1.165) is 0 Å². The summed E-state index contributed by atoms with van der Waals surface area (Å²) in [7, 11) is 0. The van der Waals surface area contributed by atoms with E-state index in [9.17, 15) is 0 Å². The minimum Gasteiger partial charge on any atom is -0.0616 e. The first-order valence-corrected chi connectivity index (χ1v) is 18.8. The van der Waals surface area contributed by atoms with Crippen molar-refractivity contribution in [1.82, 2.24) is 0 Å². The van der Waals surface area contributed by atoms with Crippen molar-refractivity contribution in [2.24, 2.45) is 0 Å². The van der Waals surface area contributed by atoms with Crippen molar-refractivity contribution < 1.29 is 0 Å². The fourth-order valence-corrected chi connectivity index (χ4v) is 9.29. The highest BCUT2D eigenvalue weighted by Crippen LogP contribution is 2.43. The molecule has 0 aliphatic rings. The first-order valence-electron chi connectivity index (χ1n) is 18.8. The van der Waals surface area contributed by atoms with E-state index in [4.69, 9.17) is 0 Å². The Labute approximate surface area is 312 Å². The number of hydrogen-bond acceptors (Lipinski definition) is 0. The average Bonchev–Trinajstić information content (AvgIpc) is 3.24. The summed E-state index contributed by atoms with van der Waals surface area (Å²) >= 11 is 0. The minimum atomic E-state index is 1.22. The predicted molar refractivity (Wildman–Crippen MR) is 234 cm³/mol. The van der Waals surface area contributed by atoms with Gasteiger partial charge in [-0.15, -0.1) is 0 Å². The van der Waals surface area contributed by atoms with Gasteiger partial charge < -0.3 is 0 Å². The molecule has 0 atom stereocenters.